The first-order valence-electron chi connectivity index (χ1n) is 7.33. The fourth-order valence-corrected chi connectivity index (χ4v) is 3.23. The van der Waals surface area contributed by atoms with Crippen molar-refractivity contribution in [3.05, 3.63) is 56.0 Å². The minimum atomic E-state index is -0.525. The molecule has 3 nitrogen and oxygen atoms in total. The number of aromatic nitrogens is 1. The van der Waals surface area contributed by atoms with Crippen LogP contribution in [0.15, 0.2) is 33.9 Å². The van der Waals surface area contributed by atoms with Crippen LogP contribution in [-0.2, 0) is 0 Å². The fourth-order valence-electron chi connectivity index (χ4n) is 3.23. The number of benzene rings is 1. The lowest BCUT2D eigenvalue weighted by molar-refractivity contribution is 0.445. The minimum Gasteiger partial charge on any atom is -0.319 e. The van der Waals surface area contributed by atoms with E-state index in [2.05, 4.69) is 4.98 Å². The molecule has 1 fully saturated rings. The lowest BCUT2D eigenvalue weighted by Crippen LogP contribution is -2.22. The van der Waals surface area contributed by atoms with Crippen LogP contribution in [0.2, 0.25) is 0 Å². The van der Waals surface area contributed by atoms with Gasteiger partial charge in [-0.15, -0.1) is 0 Å². The third kappa shape index (κ3) is 2.40. The van der Waals surface area contributed by atoms with Crippen molar-refractivity contribution >= 4 is 10.9 Å². The third-order valence-corrected chi connectivity index (χ3v) is 4.29. The lowest BCUT2D eigenvalue weighted by Gasteiger charge is -2.22. The zero-order valence-electron chi connectivity index (χ0n) is 11.7. The Balaban J connectivity index is 2.32. The molecule has 20 heavy (non-hydrogen) atoms. The molecule has 1 N–H and O–H groups in total. The first-order valence-corrected chi connectivity index (χ1v) is 7.33. The van der Waals surface area contributed by atoms with Crippen molar-refractivity contribution in [3.63, 3.8) is 0 Å². The van der Waals surface area contributed by atoms with Gasteiger partial charge >= 0.3 is 0 Å². The van der Waals surface area contributed by atoms with Crippen molar-refractivity contribution in [3.8, 4) is 0 Å². The van der Waals surface area contributed by atoms with Crippen LogP contribution in [-0.4, -0.2) is 4.98 Å². The molecular formula is C17H19NO2. The topological polar surface area (TPSA) is 49.9 Å². The Morgan fingerprint density at radius 3 is 2.55 bits per heavy atom. The summed E-state index contributed by atoms with van der Waals surface area (Å²) in [6, 6.07) is 7.58. The number of aryl methyl sites for hydroxylation is 1. The molecule has 1 aliphatic carbocycles. The van der Waals surface area contributed by atoms with Crippen LogP contribution in [0.1, 0.15) is 49.1 Å². The van der Waals surface area contributed by atoms with Crippen molar-refractivity contribution in [2.75, 3.05) is 0 Å². The number of hydrogen-bond donors (Lipinski definition) is 1. The molecule has 1 aromatic heterocycles. The average molecular weight is 269 g/mol. The van der Waals surface area contributed by atoms with E-state index in [0.717, 1.165) is 34.9 Å². The zero-order valence-corrected chi connectivity index (χ0v) is 11.7. The molecule has 2 aromatic rings. The number of fused-ring (bicyclic) bond motifs is 1. The van der Waals surface area contributed by atoms with Gasteiger partial charge < -0.3 is 4.98 Å². The quantitative estimate of drug-likeness (QED) is 0.808. The van der Waals surface area contributed by atoms with Crippen molar-refractivity contribution in [2.24, 2.45) is 0 Å². The Hall–Kier alpha value is -1.90. The smallest absolute Gasteiger partial charge is 0.296 e. The summed E-state index contributed by atoms with van der Waals surface area (Å²) in [6.45, 7) is 1.99. The van der Waals surface area contributed by atoms with Gasteiger partial charge in [0.2, 0.25) is 5.43 Å². The van der Waals surface area contributed by atoms with Crippen molar-refractivity contribution in [1.29, 1.82) is 0 Å². The van der Waals surface area contributed by atoms with Crippen LogP contribution < -0.4 is 11.0 Å². The molecule has 0 radical (unpaired) electrons. The van der Waals surface area contributed by atoms with E-state index in [-0.39, 0.29) is 0 Å². The first-order chi connectivity index (χ1) is 9.65. The maximum absolute atomic E-state index is 11.9. The molecule has 1 aliphatic rings. The lowest BCUT2D eigenvalue weighted by atomic mass is 9.83. The summed E-state index contributed by atoms with van der Waals surface area (Å²) in [4.78, 5) is 26.5. The predicted octanol–water partition coefficient (Wildman–Crippen LogP) is 3.24. The van der Waals surface area contributed by atoms with Crippen LogP contribution in [0.5, 0.6) is 0 Å². The number of H-pyrrole nitrogens is 1. The Kier molecular flexibility index (Phi) is 3.43. The fraction of sp³-hybridized carbons (Fsp3) is 0.412. The molecule has 0 amide bonds. The van der Waals surface area contributed by atoms with E-state index in [1.165, 1.54) is 19.3 Å². The largest absolute Gasteiger partial charge is 0.319 e. The van der Waals surface area contributed by atoms with Gasteiger partial charge in [-0.3, -0.25) is 9.59 Å². The van der Waals surface area contributed by atoms with Gasteiger partial charge in [0.25, 0.3) is 5.56 Å². The Labute approximate surface area is 117 Å². The SMILES string of the molecule is Cc1ccc2c(C3CCCCC3)cc(=O)c(=O)[nH]c2c1. The van der Waals surface area contributed by atoms with E-state index in [1.54, 1.807) is 6.07 Å². The highest BCUT2D eigenvalue weighted by Crippen LogP contribution is 2.34. The summed E-state index contributed by atoms with van der Waals surface area (Å²) in [5.74, 6) is 0.404. The van der Waals surface area contributed by atoms with Gasteiger partial charge in [0.15, 0.2) is 0 Å². The second-order valence-corrected chi connectivity index (χ2v) is 5.80. The Morgan fingerprint density at radius 1 is 1.05 bits per heavy atom. The molecule has 1 heterocycles. The molecule has 0 spiro atoms. The molecule has 0 bridgehead atoms. The zero-order chi connectivity index (χ0) is 14.1. The first kappa shape index (κ1) is 13.1. The number of rotatable bonds is 1. The molecular weight excluding hydrogens is 250 g/mol. The molecule has 0 saturated heterocycles. The van der Waals surface area contributed by atoms with Gasteiger partial charge in [0.1, 0.15) is 0 Å². The van der Waals surface area contributed by atoms with E-state index >= 15 is 0 Å². The Morgan fingerprint density at radius 2 is 1.80 bits per heavy atom. The van der Waals surface area contributed by atoms with Crippen LogP contribution in [0.4, 0.5) is 0 Å². The van der Waals surface area contributed by atoms with Gasteiger partial charge in [0, 0.05) is 10.9 Å². The van der Waals surface area contributed by atoms with Crippen molar-refractivity contribution in [1.82, 2.24) is 4.98 Å². The monoisotopic (exact) mass is 269 g/mol. The molecule has 0 aliphatic heterocycles. The summed E-state index contributed by atoms with van der Waals surface area (Å²) in [6.07, 6.45) is 5.91. The molecule has 3 rings (SSSR count). The molecule has 0 unspecified atom stereocenters. The van der Waals surface area contributed by atoms with Gasteiger partial charge in [-0.25, -0.2) is 0 Å². The predicted molar refractivity (Wildman–Crippen MR) is 81.4 cm³/mol. The second kappa shape index (κ2) is 5.23. The maximum atomic E-state index is 11.9. The highest BCUT2D eigenvalue weighted by Gasteiger charge is 2.18. The van der Waals surface area contributed by atoms with E-state index < -0.39 is 11.0 Å². The van der Waals surface area contributed by atoms with Gasteiger partial charge in [0.05, 0.1) is 0 Å². The standard InChI is InChI=1S/C17H19NO2/c1-11-7-8-13-14(12-5-3-2-4-6-12)10-16(19)17(20)18-15(13)9-11/h7-10,12H,2-6H2,1H3,(H,18,19,20). The van der Waals surface area contributed by atoms with E-state index in [1.807, 2.05) is 25.1 Å². The molecule has 0 atom stereocenters. The van der Waals surface area contributed by atoms with Crippen LogP contribution >= 0.6 is 0 Å². The van der Waals surface area contributed by atoms with E-state index in [9.17, 15) is 9.59 Å². The Bertz CT molecular complexity index is 755. The molecule has 3 heteroatoms. The molecule has 104 valence electrons. The summed E-state index contributed by atoms with van der Waals surface area (Å²) in [7, 11) is 0. The molecule has 1 saturated carbocycles. The average Bonchev–Trinajstić information content (AvgIpc) is 2.57. The summed E-state index contributed by atoms with van der Waals surface area (Å²) in [5, 5.41) is 1.02. The normalized spacial score (nSPS) is 16.4. The number of hydrogen-bond acceptors (Lipinski definition) is 2. The van der Waals surface area contributed by atoms with Gasteiger partial charge in [-0.05, 0) is 48.9 Å². The second-order valence-electron chi connectivity index (χ2n) is 5.80. The minimum absolute atomic E-state index is 0.404. The third-order valence-electron chi connectivity index (χ3n) is 4.29. The van der Waals surface area contributed by atoms with Crippen LogP contribution in [0.25, 0.3) is 10.9 Å². The van der Waals surface area contributed by atoms with E-state index in [4.69, 9.17) is 0 Å². The molecule has 1 aromatic carbocycles. The van der Waals surface area contributed by atoms with Gasteiger partial charge in [-0.2, -0.15) is 0 Å². The van der Waals surface area contributed by atoms with Crippen molar-refractivity contribution in [2.45, 2.75) is 44.9 Å². The highest BCUT2D eigenvalue weighted by atomic mass is 16.2. The van der Waals surface area contributed by atoms with Crippen LogP contribution in [0.3, 0.4) is 0 Å². The van der Waals surface area contributed by atoms with Crippen molar-refractivity contribution < 1.29 is 0 Å². The highest BCUT2D eigenvalue weighted by molar-refractivity contribution is 5.82. The number of aromatic amines is 1. The number of nitrogens with one attached hydrogen (secondary N) is 1. The summed E-state index contributed by atoms with van der Waals surface area (Å²) in [5.41, 5.74) is 1.95. The summed E-state index contributed by atoms with van der Waals surface area (Å²) < 4.78 is 0. The van der Waals surface area contributed by atoms with E-state index in [0.29, 0.717) is 5.92 Å². The summed E-state index contributed by atoms with van der Waals surface area (Å²) >= 11 is 0. The van der Waals surface area contributed by atoms with Crippen LogP contribution in [0, 0.1) is 6.92 Å². The maximum Gasteiger partial charge on any atom is 0.296 e. The van der Waals surface area contributed by atoms with Gasteiger partial charge in [-0.1, -0.05) is 31.4 Å².